The molecule has 0 fully saturated rings. The van der Waals surface area contributed by atoms with Crippen LogP contribution < -0.4 is 5.32 Å². The monoisotopic (exact) mass is 369 g/mol. The number of Topliss-reactive ketones (excluding diaryl/α,β-unsaturated/α-hetero) is 1. The van der Waals surface area contributed by atoms with Crippen LogP contribution in [-0.2, 0) is 17.5 Å². The average Bonchev–Trinajstić information content (AvgIpc) is 2.59. The van der Waals surface area contributed by atoms with Gasteiger partial charge in [-0.2, -0.15) is 13.2 Å². The number of halogens is 4. The molecule has 26 heavy (non-hydrogen) atoms. The molecule has 8 heteroatoms. The molecule has 2 aromatic carbocycles. The fourth-order valence-corrected chi connectivity index (χ4v) is 2.15. The van der Waals surface area contributed by atoms with Gasteiger partial charge in [0.05, 0.1) is 11.6 Å². The minimum absolute atomic E-state index is 0.0359. The van der Waals surface area contributed by atoms with Crippen LogP contribution in [0.5, 0.6) is 0 Å². The molecule has 0 aliphatic rings. The van der Waals surface area contributed by atoms with Crippen LogP contribution in [0, 0.1) is 5.82 Å². The van der Waals surface area contributed by atoms with Gasteiger partial charge in [0.15, 0.2) is 5.78 Å². The van der Waals surface area contributed by atoms with Gasteiger partial charge in [0.1, 0.15) is 12.4 Å². The normalized spacial score (nSPS) is 12.3. The molecule has 0 heterocycles. The summed E-state index contributed by atoms with van der Waals surface area (Å²) in [6, 6.07) is 9.09. The number of amides is 1. The molecule has 0 unspecified atom stereocenters. The number of alkyl halides is 3. The summed E-state index contributed by atoms with van der Waals surface area (Å²) >= 11 is 0. The number of benzene rings is 2. The first-order valence-electron chi connectivity index (χ1n) is 7.56. The van der Waals surface area contributed by atoms with Crippen molar-refractivity contribution in [3.63, 3.8) is 0 Å². The lowest BCUT2D eigenvalue weighted by Gasteiger charge is -2.14. The zero-order valence-electron chi connectivity index (χ0n) is 13.6. The quantitative estimate of drug-likeness (QED) is 0.630. The highest BCUT2D eigenvalue weighted by Gasteiger charge is 2.32. The standard InChI is InChI=1S/C18H15F4NO3/c1-11(23-17(25)26-10-12-5-3-2-4-6-12)16(24)13-7-14(18(20,21)22)9-15(19)8-13/h2-9,11H,10H2,1H3,(H,23,25)/t11-/m0/s1. The van der Waals surface area contributed by atoms with Gasteiger partial charge in [-0.1, -0.05) is 30.3 Å². The van der Waals surface area contributed by atoms with E-state index in [1.807, 2.05) is 0 Å². The molecular weight excluding hydrogens is 354 g/mol. The van der Waals surface area contributed by atoms with E-state index < -0.39 is 41.0 Å². The summed E-state index contributed by atoms with van der Waals surface area (Å²) in [6.07, 6.45) is -5.70. The third-order valence-corrected chi connectivity index (χ3v) is 3.45. The number of carbonyl (C=O) groups is 2. The second-order valence-corrected chi connectivity index (χ2v) is 5.52. The molecule has 138 valence electrons. The Morgan fingerprint density at radius 1 is 1.12 bits per heavy atom. The minimum Gasteiger partial charge on any atom is -0.445 e. The Morgan fingerprint density at radius 2 is 1.77 bits per heavy atom. The third-order valence-electron chi connectivity index (χ3n) is 3.45. The van der Waals surface area contributed by atoms with Crippen LogP contribution in [0.1, 0.15) is 28.4 Å². The van der Waals surface area contributed by atoms with Gasteiger partial charge in [-0.15, -0.1) is 0 Å². The number of nitrogens with one attached hydrogen (secondary N) is 1. The molecular formula is C18H15F4NO3. The summed E-state index contributed by atoms with van der Waals surface area (Å²) in [4.78, 5) is 23.9. The molecule has 0 radical (unpaired) electrons. The Morgan fingerprint density at radius 3 is 2.38 bits per heavy atom. The van der Waals surface area contributed by atoms with Crippen molar-refractivity contribution in [1.82, 2.24) is 5.32 Å². The minimum atomic E-state index is -4.79. The van der Waals surface area contributed by atoms with Crippen molar-refractivity contribution in [3.8, 4) is 0 Å². The van der Waals surface area contributed by atoms with E-state index in [4.69, 9.17) is 4.74 Å². The van der Waals surface area contributed by atoms with E-state index in [-0.39, 0.29) is 6.61 Å². The maximum Gasteiger partial charge on any atom is 0.416 e. The van der Waals surface area contributed by atoms with E-state index in [1.165, 1.54) is 6.92 Å². The highest BCUT2D eigenvalue weighted by atomic mass is 19.4. The number of ether oxygens (including phenoxy) is 1. The van der Waals surface area contributed by atoms with Gasteiger partial charge in [-0.05, 0) is 30.7 Å². The predicted molar refractivity (Wildman–Crippen MR) is 85.0 cm³/mol. The van der Waals surface area contributed by atoms with Gasteiger partial charge in [0, 0.05) is 5.56 Å². The lowest BCUT2D eigenvalue weighted by molar-refractivity contribution is -0.137. The third kappa shape index (κ3) is 5.30. The number of hydrogen-bond donors (Lipinski definition) is 1. The smallest absolute Gasteiger partial charge is 0.416 e. The summed E-state index contributed by atoms with van der Waals surface area (Å²) in [7, 11) is 0. The van der Waals surface area contributed by atoms with Gasteiger partial charge < -0.3 is 10.1 Å². The van der Waals surface area contributed by atoms with Crippen molar-refractivity contribution in [2.24, 2.45) is 0 Å². The van der Waals surface area contributed by atoms with Crippen LogP contribution in [0.25, 0.3) is 0 Å². The lowest BCUT2D eigenvalue weighted by atomic mass is 10.0. The van der Waals surface area contributed by atoms with Crippen molar-refractivity contribution in [2.45, 2.75) is 25.7 Å². The Kier molecular flexibility index (Phi) is 5.97. The molecule has 1 atom stereocenters. The summed E-state index contributed by atoms with van der Waals surface area (Å²) in [5.74, 6) is -2.06. The summed E-state index contributed by atoms with van der Waals surface area (Å²) < 4.78 is 56.5. The van der Waals surface area contributed by atoms with Crippen molar-refractivity contribution in [3.05, 3.63) is 71.0 Å². The largest absolute Gasteiger partial charge is 0.445 e. The van der Waals surface area contributed by atoms with E-state index in [1.54, 1.807) is 30.3 Å². The van der Waals surface area contributed by atoms with Gasteiger partial charge in [0.25, 0.3) is 0 Å². The first-order chi connectivity index (χ1) is 12.2. The molecule has 0 aliphatic carbocycles. The fourth-order valence-electron chi connectivity index (χ4n) is 2.15. The zero-order valence-corrected chi connectivity index (χ0v) is 13.6. The zero-order chi connectivity index (χ0) is 19.3. The van der Waals surface area contributed by atoms with E-state index >= 15 is 0 Å². The SMILES string of the molecule is C[C@H](NC(=O)OCc1ccccc1)C(=O)c1cc(F)cc(C(F)(F)F)c1. The highest BCUT2D eigenvalue weighted by Crippen LogP contribution is 2.30. The molecule has 1 amide bonds. The number of carbonyl (C=O) groups excluding carboxylic acids is 2. The van der Waals surface area contributed by atoms with Crippen LogP contribution in [0.4, 0.5) is 22.4 Å². The van der Waals surface area contributed by atoms with E-state index in [9.17, 15) is 27.2 Å². The second-order valence-electron chi connectivity index (χ2n) is 5.52. The van der Waals surface area contributed by atoms with Gasteiger partial charge in [0.2, 0.25) is 0 Å². The van der Waals surface area contributed by atoms with E-state index in [0.29, 0.717) is 18.2 Å². The second kappa shape index (κ2) is 7.99. The van der Waals surface area contributed by atoms with Gasteiger partial charge in [-0.3, -0.25) is 4.79 Å². The summed E-state index contributed by atoms with van der Waals surface area (Å²) in [5.41, 5.74) is -1.05. The Bertz CT molecular complexity index is 791. The Hall–Kier alpha value is -2.90. The Balaban J connectivity index is 2.01. The molecule has 0 saturated carbocycles. The highest BCUT2D eigenvalue weighted by molar-refractivity contribution is 6.01. The average molecular weight is 369 g/mol. The Labute approximate surface area is 146 Å². The maximum atomic E-state index is 13.4. The number of rotatable bonds is 5. The van der Waals surface area contributed by atoms with Gasteiger partial charge >= 0.3 is 12.3 Å². The van der Waals surface area contributed by atoms with Crippen LogP contribution in [-0.4, -0.2) is 17.9 Å². The predicted octanol–water partition coefficient (Wildman–Crippen LogP) is 4.34. The van der Waals surface area contributed by atoms with Crippen molar-refractivity contribution < 1.29 is 31.9 Å². The molecule has 0 spiro atoms. The summed E-state index contributed by atoms with van der Waals surface area (Å²) in [5, 5.41) is 2.21. The van der Waals surface area contributed by atoms with Crippen LogP contribution in [0.3, 0.4) is 0 Å². The number of hydrogen-bond acceptors (Lipinski definition) is 3. The fraction of sp³-hybridized carbons (Fsp3) is 0.222. The molecule has 4 nitrogen and oxygen atoms in total. The number of ketones is 1. The first-order valence-corrected chi connectivity index (χ1v) is 7.56. The molecule has 1 N–H and O–H groups in total. The molecule has 0 saturated heterocycles. The van der Waals surface area contributed by atoms with Crippen molar-refractivity contribution >= 4 is 11.9 Å². The first kappa shape index (κ1) is 19.4. The van der Waals surface area contributed by atoms with Crippen LogP contribution in [0.15, 0.2) is 48.5 Å². The topological polar surface area (TPSA) is 55.4 Å². The van der Waals surface area contributed by atoms with E-state index in [0.717, 1.165) is 5.56 Å². The molecule has 2 aromatic rings. The van der Waals surface area contributed by atoms with Crippen molar-refractivity contribution in [2.75, 3.05) is 0 Å². The molecule has 2 rings (SSSR count). The van der Waals surface area contributed by atoms with Crippen molar-refractivity contribution in [1.29, 1.82) is 0 Å². The van der Waals surface area contributed by atoms with Crippen LogP contribution in [0.2, 0.25) is 0 Å². The summed E-state index contributed by atoms with van der Waals surface area (Å²) in [6.45, 7) is 1.23. The molecule has 0 bridgehead atoms. The maximum absolute atomic E-state index is 13.4. The van der Waals surface area contributed by atoms with E-state index in [2.05, 4.69) is 5.32 Å². The number of alkyl carbamates (subject to hydrolysis) is 1. The van der Waals surface area contributed by atoms with Gasteiger partial charge in [-0.25, -0.2) is 9.18 Å². The molecule has 0 aromatic heterocycles. The lowest BCUT2D eigenvalue weighted by Crippen LogP contribution is -2.39. The van der Waals surface area contributed by atoms with Crippen LogP contribution >= 0.6 is 0 Å². The molecule has 0 aliphatic heterocycles.